The zero-order valence-corrected chi connectivity index (χ0v) is 19.4. The quantitative estimate of drug-likeness (QED) is 0.696. The van der Waals surface area contributed by atoms with E-state index in [0.717, 1.165) is 36.8 Å². The Morgan fingerprint density at radius 1 is 1.00 bits per heavy atom. The average molecular weight is 419 g/mol. The Hall–Kier alpha value is -1.84. The number of nitriles is 1. The van der Waals surface area contributed by atoms with E-state index in [1.54, 1.807) is 12.1 Å². The van der Waals surface area contributed by atoms with Crippen LogP contribution in [-0.2, 0) is 20.9 Å². The summed E-state index contributed by atoms with van der Waals surface area (Å²) in [6.45, 7) is 12.9. The van der Waals surface area contributed by atoms with E-state index in [0.29, 0.717) is 18.7 Å². The second kappa shape index (κ2) is 8.49. The van der Waals surface area contributed by atoms with E-state index in [-0.39, 0.29) is 21.5 Å². The molecule has 1 aliphatic heterocycles. The molecule has 0 bridgehead atoms. The molecule has 5 nitrogen and oxygen atoms in total. The molecule has 1 fully saturated rings. The number of sulfonamides is 1. The minimum absolute atomic E-state index is 0.232. The second-order valence-electron chi connectivity index (χ2n) is 9.90. The minimum atomic E-state index is -3.83. The molecular formula is C23H34N2O3S. The Bertz CT molecular complexity index is 883. The lowest BCUT2D eigenvalue weighted by atomic mass is 9.78. The maximum absolute atomic E-state index is 13.1. The van der Waals surface area contributed by atoms with Gasteiger partial charge >= 0.3 is 0 Å². The highest BCUT2D eigenvalue weighted by atomic mass is 32.2. The maximum atomic E-state index is 13.1. The van der Waals surface area contributed by atoms with Gasteiger partial charge in [-0.2, -0.15) is 9.57 Å². The third kappa shape index (κ3) is 5.40. The van der Waals surface area contributed by atoms with Crippen molar-refractivity contribution in [3.8, 4) is 11.8 Å². The van der Waals surface area contributed by atoms with Gasteiger partial charge in [-0.05, 0) is 47.4 Å². The van der Waals surface area contributed by atoms with Crippen LogP contribution in [0.4, 0.5) is 0 Å². The van der Waals surface area contributed by atoms with E-state index in [2.05, 4.69) is 0 Å². The fourth-order valence-corrected chi connectivity index (χ4v) is 5.04. The summed E-state index contributed by atoms with van der Waals surface area (Å²) in [5, 5.41) is 20.5. The van der Waals surface area contributed by atoms with Crippen molar-refractivity contribution in [3.05, 3.63) is 33.7 Å². The number of nitrogens with zero attached hydrogens (tertiary/aromatic N) is 2. The van der Waals surface area contributed by atoms with Crippen LogP contribution in [0.15, 0.2) is 17.0 Å². The third-order valence-electron chi connectivity index (χ3n) is 5.34. The van der Waals surface area contributed by atoms with Gasteiger partial charge in [0.1, 0.15) is 11.8 Å². The predicted octanol–water partition coefficient (Wildman–Crippen LogP) is 5.06. The van der Waals surface area contributed by atoms with E-state index >= 15 is 0 Å². The highest BCUT2D eigenvalue weighted by Gasteiger charge is 2.29. The normalized spacial score (nSPS) is 17.6. The molecule has 1 aromatic rings. The standard InChI is InChI=1S/C23H34N2O3S/c1-22(2,3)19-14-17(15-20(21(19)26)23(4,5)6)13-18(16-24)29(27,28)25-11-9-7-8-10-12-25/h13-15,26H,7-12H2,1-6H3/b18-13-. The van der Waals surface area contributed by atoms with E-state index in [4.69, 9.17) is 0 Å². The van der Waals surface area contributed by atoms with Crippen LogP contribution < -0.4 is 0 Å². The lowest BCUT2D eigenvalue weighted by Crippen LogP contribution is -2.32. The number of phenolic OH excluding ortho intramolecular Hbond substituents is 1. The highest BCUT2D eigenvalue weighted by Crippen LogP contribution is 2.40. The molecule has 2 rings (SSSR count). The first-order chi connectivity index (χ1) is 13.3. The van der Waals surface area contributed by atoms with Crippen molar-refractivity contribution in [1.82, 2.24) is 4.31 Å². The van der Waals surface area contributed by atoms with Crippen molar-refractivity contribution in [3.63, 3.8) is 0 Å². The van der Waals surface area contributed by atoms with E-state index < -0.39 is 10.0 Å². The second-order valence-corrected chi connectivity index (χ2v) is 11.8. The van der Waals surface area contributed by atoms with Gasteiger partial charge in [0.25, 0.3) is 10.0 Å². The van der Waals surface area contributed by atoms with Gasteiger partial charge in [0, 0.05) is 24.2 Å². The maximum Gasteiger partial charge on any atom is 0.253 e. The van der Waals surface area contributed by atoms with Crippen LogP contribution in [0.25, 0.3) is 6.08 Å². The average Bonchev–Trinajstić information content (AvgIpc) is 2.88. The monoisotopic (exact) mass is 418 g/mol. The first kappa shape index (κ1) is 23.4. The number of allylic oxidation sites excluding steroid dienone is 1. The van der Waals surface area contributed by atoms with Crippen LogP contribution >= 0.6 is 0 Å². The summed E-state index contributed by atoms with van der Waals surface area (Å²) in [4.78, 5) is -0.246. The number of aromatic hydroxyl groups is 1. The third-order valence-corrected chi connectivity index (χ3v) is 7.15. The topological polar surface area (TPSA) is 81.4 Å². The largest absolute Gasteiger partial charge is 0.507 e. The van der Waals surface area contributed by atoms with Crippen LogP contribution in [0, 0.1) is 11.3 Å². The van der Waals surface area contributed by atoms with Gasteiger partial charge in [-0.15, -0.1) is 0 Å². The van der Waals surface area contributed by atoms with E-state index in [1.807, 2.05) is 47.6 Å². The van der Waals surface area contributed by atoms with Crippen LogP contribution in [0.2, 0.25) is 0 Å². The molecule has 1 aromatic carbocycles. The number of benzene rings is 1. The summed E-state index contributed by atoms with van der Waals surface area (Å²) in [5.41, 5.74) is 1.43. The highest BCUT2D eigenvalue weighted by molar-refractivity contribution is 7.93. The lowest BCUT2D eigenvalue weighted by molar-refractivity contribution is 0.423. The van der Waals surface area contributed by atoms with Crippen LogP contribution in [0.3, 0.4) is 0 Å². The van der Waals surface area contributed by atoms with Gasteiger partial charge < -0.3 is 5.11 Å². The summed E-state index contributed by atoms with van der Waals surface area (Å²) >= 11 is 0. The molecule has 29 heavy (non-hydrogen) atoms. The smallest absolute Gasteiger partial charge is 0.253 e. The van der Waals surface area contributed by atoms with Gasteiger partial charge in [-0.3, -0.25) is 0 Å². The Morgan fingerprint density at radius 3 is 1.83 bits per heavy atom. The Labute approximate surface area is 176 Å². The van der Waals surface area contributed by atoms with Gasteiger partial charge in [0.2, 0.25) is 0 Å². The van der Waals surface area contributed by atoms with Crippen molar-refractivity contribution < 1.29 is 13.5 Å². The molecule has 0 atom stereocenters. The Kier molecular flexibility index (Phi) is 6.86. The molecule has 6 heteroatoms. The Balaban J connectivity index is 2.62. The molecule has 0 saturated carbocycles. The molecule has 1 saturated heterocycles. The molecule has 0 radical (unpaired) electrons. The predicted molar refractivity (Wildman–Crippen MR) is 118 cm³/mol. The molecule has 0 amide bonds. The first-order valence-electron chi connectivity index (χ1n) is 10.3. The molecule has 160 valence electrons. The van der Waals surface area contributed by atoms with Crippen molar-refractivity contribution in [2.24, 2.45) is 0 Å². The van der Waals surface area contributed by atoms with Crippen LogP contribution in [0.1, 0.15) is 83.9 Å². The van der Waals surface area contributed by atoms with Crippen molar-refractivity contribution in [1.29, 1.82) is 5.26 Å². The van der Waals surface area contributed by atoms with E-state index in [9.17, 15) is 18.8 Å². The molecule has 0 aliphatic carbocycles. The number of phenols is 1. The fraction of sp³-hybridized carbons (Fsp3) is 0.609. The lowest BCUT2D eigenvalue weighted by Gasteiger charge is -2.28. The van der Waals surface area contributed by atoms with Gasteiger partial charge in [-0.1, -0.05) is 54.4 Å². The minimum Gasteiger partial charge on any atom is -0.507 e. The summed E-state index contributed by atoms with van der Waals surface area (Å²) < 4.78 is 27.6. The van der Waals surface area contributed by atoms with Crippen LogP contribution in [-0.4, -0.2) is 30.9 Å². The van der Waals surface area contributed by atoms with Crippen molar-refractivity contribution in [2.45, 2.75) is 78.1 Å². The molecule has 1 heterocycles. The van der Waals surface area contributed by atoms with Crippen molar-refractivity contribution in [2.75, 3.05) is 13.1 Å². The summed E-state index contributed by atoms with van der Waals surface area (Å²) in [6.07, 6.45) is 5.11. The molecule has 1 aliphatic rings. The van der Waals surface area contributed by atoms with Gasteiger partial charge in [0.05, 0.1) is 0 Å². The molecule has 0 spiro atoms. The first-order valence-corrected chi connectivity index (χ1v) is 11.7. The van der Waals surface area contributed by atoms with E-state index in [1.165, 1.54) is 10.4 Å². The molecule has 0 aromatic heterocycles. The number of hydrogen-bond acceptors (Lipinski definition) is 4. The number of rotatable bonds is 3. The Morgan fingerprint density at radius 2 is 1.45 bits per heavy atom. The zero-order chi connectivity index (χ0) is 22.0. The summed E-state index contributed by atoms with van der Waals surface area (Å²) in [6, 6.07) is 5.49. The summed E-state index contributed by atoms with van der Waals surface area (Å²) in [7, 11) is -3.83. The van der Waals surface area contributed by atoms with Gasteiger partial charge in [-0.25, -0.2) is 8.42 Å². The fourth-order valence-electron chi connectivity index (χ4n) is 3.62. The van der Waals surface area contributed by atoms with Crippen LogP contribution in [0.5, 0.6) is 5.75 Å². The SMILES string of the molecule is CC(C)(C)c1cc(/C=C(/C#N)S(=O)(=O)N2CCCCCC2)cc(C(C)(C)C)c1O. The molecule has 0 unspecified atom stereocenters. The number of hydrogen-bond donors (Lipinski definition) is 1. The van der Waals surface area contributed by atoms with Crippen molar-refractivity contribution >= 4 is 16.1 Å². The molecular weight excluding hydrogens is 384 g/mol. The summed E-state index contributed by atoms with van der Waals surface area (Å²) in [5.74, 6) is 0.232. The van der Waals surface area contributed by atoms with Gasteiger partial charge in [0.15, 0.2) is 4.91 Å². The molecule has 1 N–H and O–H groups in total. The zero-order valence-electron chi connectivity index (χ0n) is 18.5.